The molecule has 1 aromatic carbocycles. The molecule has 0 saturated heterocycles. The Hall–Kier alpha value is -1.31. The first-order chi connectivity index (χ1) is 9.44. The van der Waals surface area contributed by atoms with Gasteiger partial charge in [-0.25, -0.2) is 13.1 Å². The van der Waals surface area contributed by atoms with E-state index in [4.69, 9.17) is 15.2 Å². The van der Waals surface area contributed by atoms with Crippen molar-refractivity contribution in [2.75, 3.05) is 31.8 Å². The van der Waals surface area contributed by atoms with E-state index in [-0.39, 0.29) is 18.4 Å². The first kappa shape index (κ1) is 16.7. The van der Waals surface area contributed by atoms with Gasteiger partial charge in [0.2, 0.25) is 10.0 Å². The number of rotatable bonds is 9. The summed E-state index contributed by atoms with van der Waals surface area (Å²) >= 11 is 0. The zero-order valence-corrected chi connectivity index (χ0v) is 12.7. The van der Waals surface area contributed by atoms with Crippen LogP contribution in [0.5, 0.6) is 5.75 Å². The maximum atomic E-state index is 11.8. The van der Waals surface area contributed by atoms with E-state index in [0.717, 1.165) is 0 Å². The van der Waals surface area contributed by atoms with Gasteiger partial charge >= 0.3 is 0 Å². The van der Waals surface area contributed by atoms with Gasteiger partial charge in [-0.15, -0.1) is 0 Å². The molecule has 0 saturated carbocycles. The van der Waals surface area contributed by atoms with Crippen LogP contribution in [0.25, 0.3) is 0 Å². The van der Waals surface area contributed by atoms with Crippen LogP contribution in [0.15, 0.2) is 24.3 Å². The third-order valence-corrected chi connectivity index (χ3v) is 4.13. The van der Waals surface area contributed by atoms with Gasteiger partial charge < -0.3 is 15.2 Å². The van der Waals surface area contributed by atoms with Crippen LogP contribution < -0.4 is 15.2 Å². The fourth-order valence-corrected chi connectivity index (χ4v) is 2.74. The number of hydrogen-bond acceptors (Lipinski definition) is 5. The second kappa shape index (κ2) is 8.08. The Bertz CT molecular complexity index is 505. The summed E-state index contributed by atoms with van der Waals surface area (Å²) < 4.78 is 36.5. The van der Waals surface area contributed by atoms with Crippen LogP contribution in [0.3, 0.4) is 0 Å². The molecule has 0 aliphatic carbocycles. The normalized spacial score (nSPS) is 13.1. The Morgan fingerprint density at radius 2 is 2.00 bits per heavy atom. The number of nitrogens with one attached hydrogen (secondary N) is 1. The van der Waals surface area contributed by atoms with Gasteiger partial charge in [-0.1, -0.05) is 12.1 Å². The Morgan fingerprint density at radius 3 is 2.65 bits per heavy atom. The van der Waals surface area contributed by atoms with Crippen molar-refractivity contribution in [1.82, 2.24) is 4.72 Å². The predicted octanol–water partition coefficient (Wildman–Crippen LogP) is 0.992. The molecule has 1 aromatic rings. The summed E-state index contributed by atoms with van der Waals surface area (Å²) in [7, 11) is -1.78. The van der Waals surface area contributed by atoms with Gasteiger partial charge in [-0.2, -0.15) is 0 Å². The third kappa shape index (κ3) is 6.23. The lowest BCUT2D eigenvalue weighted by atomic mass is 10.3. The van der Waals surface area contributed by atoms with Gasteiger partial charge in [0.25, 0.3) is 0 Å². The van der Waals surface area contributed by atoms with Crippen molar-refractivity contribution in [1.29, 1.82) is 0 Å². The van der Waals surface area contributed by atoms with E-state index in [2.05, 4.69) is 4.72 Å². The van der Waals surface area contributed by atoms with Crippen molar-refractivity contribution < 1.29 is 17.9 Å². The Balaban J connectivity index is 2.38. The lowest BCUT2D eigenvalue weighted by Gasteiger charge is -2.14. The van der Waals surface area contributed by atoms with E-state index in [0.29, 0.717) is 24.5 Å². The average molecular weight is 302 g/mol. The molecule has 0 aromatic heterocycles. The highest BCUT2D eigenvalue weighted by Gasteiger charge is 2.14. The van der Waals surface area contributed by atoms with E-state index in [1.54, 1.807) is 38.3 Å². The van der Waals surface area contributed by atoms with E-state index in [1.807, 2.05) is 0 Å². The van der Waals surface area contributed by atoms with Crippen LogP contribution in [0.1, 0.15) is 13.3 Å². The molecule has 0 heterocycles. The van der Waals surface area contributed by atoms with Crippen LogP contribution in [-0.2, 0) is 14.8 Å². The Kier molecular flexibility index (Phi) is 6.77. The van der Waals surface area contributed by atoms with Crippen molar-refractivity contribution in [2.45, 2.75) is 19.4 Å². The molecule has 1 rings (SSSR count). The fourth-order valence-electron chi connectivity index (χ4n) is 1.59. The summed E-state index contributed by atoms with van der Waals surface area (Å²) in [5, 5.41) is 0. The minimum Gasteiger partial charge on any atom is -0.490 e. The van der Waals surface area contributed by atoms with E-state index >= 15 is 0 Å². The topological polar surface area (TPSA) is 90.6 Å². The maximum Gasteiger partial charge on any atom is 0.215 e. The maximum absolute atomic E-state index is 11.8. The lowest BCUT2D eigenvalue weighted by molar-refractivity contribution is 0.188. The Morgan fingerprint density at radius 1 is 1.30 bits per heavy atom. The zero-order valence-electron chi connectivity index (χ0n) is 11.8. The van der Waals surface area contributed by atoms with Crippen LogP contribution >= 0.6 is 0 Å². The molecule has 0 aliphatic heterocycles. The van der Waals surface area contributed by atoms with Crippen LogP contribution in [0.2, 0.25) is 0 Å². The quantitative estimate of drug-likeness (QED) is 0.664. The van der Waals surface area contributed by atoms with Crippen LogP contribution in [-0.4, -0.2) is 40.5 Å². The van der Waals surface area contributed by atoms with Gasteiger partial charge in [0, 0.05) is 19.8 Å². The molecule has 1 atom stereocenters. The molecule has 0 fully saturated rings. The summed E-state index contributed by atoms with van der Waals surface area (Å²) in [5.74, 6) is 0.383. The van der Waals surface area contributed by atoms with Crippen LogP contribution in [0.4, 0.5) is 5.69 Å². The third-order valence-electron chi connectivity index (χ3n) is 2.66. The number of hydrogen-bond donors (Lipinski definition) is 2. The summed E-state index contributed by atoms with van der Waals surface area (Å²) in [6.45, 7) is 2.37. The summed E-state index contributed by atoms with van der Waals surface area (Å²) in [6.07, 6.45) is 0.627. The van der Waals surface area contributed by atoms with Gasteiger partial charge in [-0.05, 0) is 25.5 Å². The first-order valence-corrected chi connectivity index (χ1v) is 8.06. The molecule has 1 unspecified atom stereocenters. The number of sulfonamides is 1. The van der Waals surface area contributed by atoms with E-state index in [9.17, 15) is 8.42 Å². The second-order valence-corrected chi connectivity index (χ2v) is 6.38. The molecular formula is C13H22N2O4S. The number of anilines is 1. The molecule has 0 radical (unpaired) electrons. The van der Waals surface area contributed by atoms with E-state index in [1.165, 1.54) is 0 Å². The number of nitrogen functional groups attached to an aromatic ring is 1. The fraction of sp³-hybridized carbons (Fsp3) is 0.538. The molecule has 0 spiro atoms. The zero-order chi connectivity index (χ0) is 15.0. The predicted molar refractivity (Wildman–Crippen MR) is 79.2 cm³/mol. The number of ether oxygens (including phenoxy) is 2. The average Bonchev–Trinajstić information content (AvgIpc) is 2.38. The van der Waals surface area contributed by atoms with Crippen LogP contribution in [0, 0.1) is 0 Å². The summed E-state index contributed by atoms with van der Waals surface area (Å²) in [6, 6.07) is 6.82. The van der Waals surface area contributed by atoms with Crippen molar-refractivity contribution in [3.8, 4) is 5.75 Å². The SMILES string of the molecule is COCCC(C)NS(=O)(=O)CCOc1ccccc1N. The standard InChI is InChI=1S/C13H22N2O4S/c1-11(7-8-18-2)15-20(16,17)10-9-19-13-6-4-3-5-12(13)14/h3-6,11,15H,7-10,14H2,1-2H3. The highest BCUT2D eigenvalue weighted by atomic mass is 32.2. The van der Waals surface area contributed by atoms with E-state index < -0.39 is 10.0 Å². The number of benzene rings is 1. The summed E-state index contributed by atoms with van der Waals surface area (Å²) in [4.78, 5) is 0. The van der Waals surface area contributed by atoms with Crippen molar-refractivity contribution in [3.63, 3.8) is 0 Å². The highest BCUT2D eigenvalue weighted by Crippen LogP contribution is 2.19. The largest absolute Gasteiger partial charge is 0.490 e. The summed E-state index contributed by atoms with van der Waals surface area (Å²) in [5.41, 5.74) is 6.19. The minimum atomic E-state index is -3.37. The molecule has 0 aliphatic rings. The second-order valence-electron chi connectivity index (χ2n) is 4.51. The molecule has 0 amide bonds. The number of para-hydroxylation sites is 2. The van der Waals surface area contributed by atoms with Gasteiger partial charge in [-0.3, -0.25) is 0 Å². The highest BCUT2D eigenvalue weighted by molar-refractivity contribution is 7.89. The van der Waals surface area contributed by atoms with Crippen molar-refractivity contribution in [3.05, 3.63) is 24.3 Å². The molecule has 3 N–H and O–H groups in total. The lowest BCUT2D eigenvalue weighted by Crippen LogP contribution is -2.36. The molecule has 114 valence electrons. The van der Waals surface area contributed by atoms with Crippen molar-refractivity contribution in [2.24, 2.45) is 0 Å². The smallest absolute Gasteiger partial charge is 0.215 e. The number of methoxy groups -OCH3 is 1. The number of nitrogens with two attached hydrogens (primary N) is 1. The molecule has 6 nitrogen and oxygen atoms in total. The molecule has 0 bridgehead atoms. The molecule has 20 heavy (non-hydrogen) atoms. The van der Waals surface area contributed by atoms with Crippen molar-refractivity contribution >= 4 is 15.7 Å². The Labute approximate surface area is 120 Å². The monoisotopic (exact) mass is 302 g/mol. The molecular weight excluding hydrogens is 280 g/mol. The van der Waals surface area contributed by atoms with Gasteiger partial charge in [0.1, 0.15) is 12.4 Å². The minimum absolute atomic E-state index is 0.0561. The van der Waals surface area contributed by atoms with Gasteiger partial charge in [0.15, 0.2) is 0 Å². The first-order valence-electron chi connectivity index (χ1n) is 6.41. The molecule has 7 heteroatoms. The van der Waals surface area contributed by atoms with Gasteiger partial charge in [0.05, 0.1) is 11.4 Å².